The van der Waals surface area contributed by atoms with Crippen LogP contribution in [0, 0.1) is 0 Å². The molecule has 1 aliphatic heterocycles. The summed E-state index contributed by atoms with van der Waals surface area (Å²) in [4.78, 5) is 25.1. The van der Waals surface area contributed by atoms with E-state index in [9.17, 15) is 14.7 Å². The summed E-state index contributed by atoms with van der Waals surface area (Å²) in [5, 5.41) is 13.7. The topological polar surface area (TPSA) is 75.4 Å². The monoisotopic (exact) mass is 377 g/mol. The van der Waals surface area contributed by atoms with Gasteiger partial charge < -0.3 is 10.0 Å². The van der Waals surface area contributed by atoms with Gasteiger partial charge in [0.15, 0.2) is 5.69 Å². The van der Waals surface area contributed by atoms with Crippen molar-refractivity contribution in [2.45, 2.75) is 26.3 Å². The molecule has 3 rings (SSSR count). The Morgan fingerprint density at radius 2 is 2.00 bits per heavy atom. The molecular formula is C16H16BrN3O3. The van der Waals surface area contributed by atoms with Crippen molar-refractivity contribution < 1.29 is 14.7 Å². The van der Waals surface area contributed by atoms with Crippen LogP contribution in [0.3, 0.4) is 0 Å². The number of carboxylic acids is 1. The molecule has 1 aromatic carbocycles. The number of carbonyl (C=O) groups is 2. The van der Waals surface area contributed by atoms with E-state index in [4.69, 9.17) is 0 Å². The van der Waals surface area contributed by atoms with Crippen LogP contribution in [0.4, 0.5) is 0 Å². The van der Waals surface area contributed by atoms with Crippen LogP contribution in [0.25, 0.3) is 5.69 Å². The van der Waals surface area contributed by atoms with Gasteiger partial charge in [0.1, 0.15) is 0 Å². The zero-order valence-corrected chi connectivity index (χ0v) is 14.2. The molecule has 23 heavy (non-hydrogen) atoms. The molecule has 0 fully saturated rings. The number of hydrogen-bond acceptors (Lipinski definition) is 3. The normalized spacial score (nSPS) is 13.7. The largest absolute Gasteiger partial charge is 0.476 e. The van der Waals surface area contributed by atoms with Crippen molar-refractivity contribution in [2.24, 2.45) is 0 Å². The molecule has 120 valence electrons. The van der Waals surface area contributed by atoms with Crippen molar-refractivity contribution in [3.05, 3.63) is 45.7 Å². The maximum Gasteiger partial charge on any atom is 0.356 e. The quantitative estimate of drug-likeness (QED) is 0.891. The molecular weight excluding hydrogens is 362 g/mol. The van der Waals surface area contributed by atoms with Gasteiger partial charge in [-0.3, -0.25) is 4.79 Å². The first-order valence-corrected chi connectivity index (χ1v) is 8.18. The Hall–Kier alpha value is -2.15. The fourth-order valence-electron chi connectivity index (χ4n) is 2.82. The van der Waals surface area contributed by atoms with Gasteiger partial charge in [-0.1, -0.05) is 22.9 Å². The minimum Gasteiger partial charge on any atom is -0.476 e. The molecule has 2 aromatic rings. The average Bonchev–Trinajstić information content (AvgIpc) is 2.93. The van der Waals surface area contributed by atoms with Gasteiger partial charge in [-0.25, -0.2) is 9.48 Å². The highest BCUT2D eigenvalue weighted by atomic mass is 79.9. The van der Waals surface area contributed by atoms with E-state index >= 15 is 0 Å². The van der Waals surface area contributed by atoms with Gasteiger partial charge in [-0.2, -0.15) is 5.10 Å². The van der Waals surface area contributed by atoms with Crippen LogP contribution in [0.2, 0.25) is 0 Å². The summed E-state index contributed by atoms with van der Waals surface area (Å²) >= 11 is 3.39. The van der Waals surface area contributed by atoms with E-state index < -0.39 is 5.97 Å². The summed E-state index contributed by atoms with van der Waals surface area (Å²) in [5.41, 5.74) is 2.34. The van der Waals surface area contributed by atoms with E-state index in [1.807, 2.05) is 24.3 Å². The van der Waals surface area contributed by atoms with Gasteiger partial charge in [0.25, 0.3) is 0 Å². The molecule has 1 aliphatic rings. The van der Waals surface area contributed by atoms with E-state index in [0.717, 1.165) is 15.9 Å². The van der Waals surface area contributed by atoms with Gasteiger partial charge in [0, 0.05) is 36.0 Å². The zero-order chi connectivity index (χ0) is 16.6. The van der Waals surface area contributed by atoms with Crippen LogP contribution in [-0.2, 0) is 17.8 Å². The van der Waals surface area contributed by atoms with Crippen molar-refractivity contribution in [1.29, 1.82) is 0 Å². The lowest BCUT2D eigenvalue weighted by atomic mass is 10.0. The second kappa shape index (κ2) is 6.16. The molecule has 6 nitrogen and oxygen atoms in total. The van der Waals surface area contributed by atoms with Crippen LogP contribution < -0.4 is 0 Å². The van der Waals surface area contributed by atoms with Crippen molar-refractivity contribution in [3.63, 3.8) is 0 Å². The van der Waals surface area contributed by atoms with E-state index in [1.165, 1.54) is 0 Å². The molecule has 0 aliphatic carbocycles. The molecule has 0 atom stereocenters. The summed E-state index contributed by atoms with van der Waals surface area (Å²) in [5.74, 6) is -1.04. The standard InChI is InChI=1S/C16H16BrN3O3/c1-2-14(21)19-8-7-13-12(9-19)15(16(22)23)18-20(13)11-5-3-10(17)4-6-11/h3-6H,2,7-9H2,1H3,(H,22,23). The molecule has 1 amide bonds. The minimum atomic E-state index is -1.07. The van der Waals surface area contributed by atoms with Crippen LogP contribution in [0.1, 0.15) is 35.1 Å². The second-order valence-electron chi connectivity index (χ2n) is 5.39. The number of carboxylic acid groups (broad SMARTS) is 1. The molecule has 0 unspecified atom stereocenters. The molecule has 1 aromatic heterocycles. The summed E-state index contributed by atoms with van der Waals surface area (Å²) in [6, 6.07) is 7.54. The van der Waals surface area contributed by atoms with Crippen LogP contribution >= 0.6 is 15.9 Å². The van der Waals surface area contributed by atoms with Crippen LogP contribution in [0.15, 0.2) is 28.7 Å². The van der Waals surface area contributed by atoms with Gasteiger partial charge in [-0.05, 0) is 24.3 Å². The molecule has 0 saturated carbocycles. The maximum atomic E-state index is 11.9. The Balaban J connectivity index is 2.06. The van der Waals surface area contributed by atoms with Gasteiger partial charge in [0.2, 0.25) is 5.91 Å². The first-order valence-electron chi connectivity index (χ1n) is 7.39. The number of aromatic nitrogens is 2. The summed E-state index contributed by atoms with van der Waals surface area (Å²) in [7, 11) is 0. The van der Waals surface area contributed by atoms with Gasteiger partial charge >= 0.3 is 5.97 Å². The Morgan fingerprint density at radius 3 is 2.61 bits per heavy atom. The summed E-state index contributed by atoms with van der Waals surface area (Å²) in [6.07, 6.45) is 1.01. The van der Waals surface area contributed by atoms with Crippen LogP contribution in [-0.4, -0.2) is 38.2 Å². The Kier molecular flexibility index (Phi) is 4.21. The highest BCUT2D eigenvalue weighted by Gasteiger charge is 2.29. The van der Waals surface area contributed by atoms with Gasteiger partial charge in [-0.15, -0.1) is 0 Å². The Bertz CT molecular complexity index is 768. The molecule has 0 spiro atoms. The summed E-state index contributed by atoms with van der Waals surface area (Å²) < 4.78 is 2.62. The molecule has 7 heteroatoms. The predicted molar refractivity (Wildman–Crippen MR) is 87.6 cm³/mol. The number of fused-ring (bicyclic) bond motifs is 1. The fourth-order valence-corrected chi connectivity index (χ4v) is 3.09. The zero-order valence-electron chi connectivity index (χ0n) is 12.6. The number of halogens is 1. The summed E-state index contributed by atoms with van der Waals surface area (Å²) in [6.45, 7) is 2.70. The smallest absolute Gasteiger partial charge is 0.356 e. The number of hydrogen-bond donors (Lipinski definition) is 1. The second-order valence-corrected chi connectivity index (χ2v) is 6.30. The lowest BCUT2D eigenvalue weighted by Crippen LogP contribution is -2.36. The number of benzene rings is 1. The number of carbonyl (C=O) groups excluding carboxylic acids is 1. The number of amides is 1. The van der Waals surface area contributed by atoms with E-state index in [0.29, 0.717) is 31.5 Å². The molecule has 1 N–H and O–H groups in total. The molecule has 2 heterocycles. The average molecular weight is 378 g/mol. The minimum absolute atomic E-state index is 0.0246. The fraction of sp³-hybridized carbons (Fsp3) is 0.312. The Labute approximate surface area is 141 Å². The van der Waals surface area contributed by atoms with E-state index in [2.05, 4.69) is 21.0 Å². The first kappa shape index (κ1) is 15.7. The highest BCUT2D eigenvalue weighted by Crippen LogP contribution is 2.26. The number of rotatable bonds is 3. The third-order valence-corrected chi connectivity index (χ3v) is 4.51. The van der Waals surface area contributed by atoms with Crippen molar-refractivity contribution >= 4 is 27.8 Å². The van der Waals surface area contributed by atoms with E-state index in [-0.39, 0.29) is 11.6 Å². The number of nitrogens with zero attached hydrogens (tertiary/aromatic N) is 3. The van der Waals surface area contributed by atoms with E-state index in [1.54, 1.807) is 16.5 Å². The molecule has 0 saturated heterocycles. The van der Waals surface area contributed by atoms with Crippen LogP contribution in [0.5, 0.6) is 0 Å². The molecule has 0 radical (unpaired) electrons. The third kappa shape index (κ3) is 2.88. The lowest BCUT2D eigenvalue weighted by molar-refractivity contribution is -0.131. The SMILES string of the molecule is CCC(=O)N1CCc2c(c(C(=O)O)nn2-c2ccc(Br)cc2)C1. The Morgan fingerprint density at radius 1 is 1.30 bits per heavy atom. The lowest BCUT2D eigenvalue weighted by Gasteiger charge is -2.27. The van der Waals surface area contributed by atoms with Gasteiger partial charge in [0.05, 0.1) is 11.4 Å². The predicted octanol–water partition coefficient (Wildman–Crippen LogP) is 2.63. The third-order valence-electron chi connectivity index (χ3n) is 3.99. The maximum absolute atomic E-state index is 11.9. The van der Waals surface area contributed by atoms with Crippen molar-refractivity contribution in [2.75, 3.05) is 6.54 Å². The highest BCUT2D eigenvalue weighted by molar-refractivity contribution is 9.10. The van der Waals surface area contributed by atoms with Crippen molar-refractivity contribution in [3.8, 4) is 5.69 Å². The van der Waals surface area contributed by atoms with Crippen molar-refractivity contribution in [1.82, 2.24) is 14.7 Å². The number of aromatic carboxylic acids is 1. The molecule has 0 bridgehead atoms. The first-order chi connectivity index (χ1) is 11.0.